The normalized spacial score (nSPS) is 21.9. The Morgan fingerprint density at radius 3 is 2.69 bits per heavy atom. The van der Waals surface area contributed by atoms with Crippen LogP contribution in [-0.2, 0) is 12.1 Å². The predicted molar refractivity (Wildman–Crippen MR) is 118 cm³/mol. The Hall–Kier alpha value is -3.17. The molecule has 3 aromatic carbocycles. The quantitative estimate of drug-likeness (QED) is 0.597. The highest BCUT2D eigenvalue weighted by Gasteiger charge is 2.37. The average molecular weight is 380 g/mol. The molecule has 0 spiro atoms. The Balaban J connectivity index is 1.59. The van der Waals surface area contributed by atoms with Crippen molar-refractivity contribution in [2.45, 2.75) is 31.5 Å². The summed E-state index contributed by atoms with van der Waals surface area (Å²) in [5, 5.41) is 7.64. The monoisotopic (exact) mass is 380 g/mol. The number of aldehydes is 1. The second-order valence-electron chi connectivity index (χ2n) is 7.99. The largest absolute Gasteiger partial charge is 0.360 e. The van der Waals surface area contributed by atoms with E-state index in [1.165, 1.54) is 16.7 Å². The Kier molecular flexibility index (Phi) is 4.33. The lowest BCUT2D eigenvalue weighted by Gasteiger charge is -2.40. The summed E-state index contributed by atoms with van der Waals surface area (Å²) in [6.07, 6.45) is 7.32. The molecule has 1 aliphatic carbocycles. The number of aryl methyl sites for hydroxylation is 2. The number of benzene rings is 3. The Labute approximate surface area is 171 Å². The number of anilines is 1. The number of hydrogen-bond donors (Lipinski definition) is 2. The molecule has 144 valence electrons. The fourth-order valence-electron chi connectivity index (χ4n) is 4.58. The van der Waals surface area contributed by atoms with Crippen LogP contribution in [0.4, 0.5) is 5.69 Å². The van der Waals surface area contributed by atoms with E-state index >= 15 is 0 Å². The van der Waals surface area contributed by atoms with Crippen molar-refractivity contribution in [3.8, 4) is 0 Å². The maximum Gasteiger partial charge on any atom is 0.150 e. The highest BCUT2D eigenvalue weighted by atomic mass is 16.1. The van der Waals surface area contributed by atoms with Crippen LogP contribution in [0, 0.1) is 6.92 Å². The van der Waals surface area contributed by atoms with Crippen LogP contribution >= 0.6 is 0 Å². The highest BCUT2D eigenvalue weighted by molar-refractivity contribution is 5.88. The van der Waals surface area contributed by atoms with Crippen LogP contribution in [0.3, 0.4) is 0 Å². The van der Waals surface area contributed by atoms with Crippen LogP contribution in [-0.4, -0.2) is 6.29 Å². The van der Waals surface area contributed by atoms with Crippen molar-refractivity contribution >= 4 is 18.0 Å². The molecule has 3 aromatic rings. The van der Waals surface area contributed by atoms with Gasteiger partial charge in [-0.25, -0.2) is 0 Å². The zero-order valence-corrected chi connectivity index (χ0v) is 16.5. The molecule has 5 rings (SSSR count). The third kappa shape index (κ3) is 3.08. The van der Waals surface area contributed by atoms with E-state index in [9.17, 15) is 4.79 Å². The molecule has 29 heavy (non-hydrogen) atoms. The van der Waals surface area contributed by atoms with Gasteiger partial charge in [-0.2, -0.15) is 0 Å². The molecule has 0 bridgehead atoms. The zero-order valence-electron chi connectivity index (χ0n) is 16.5. The van der Waals surface area contributed by atoms with E-state index < -0.39 is 5.66 Å². The lowest BCUT2D eigenvalue weighted by atomic mass is 9.90. The fourth-order valence-corrected chi connectivity index (χ4v) is 4.58. The van der Waals surface area contributed by atoms with Gasteiger partial charge in [0.2, 0.25) is 0 Å². The predicted octanol–water partition coefficient (Wildman–Crippen LogP) is 5.38. The minimum Gasteiger partial charge on any atom is -0.360 e. The van der Waals surface area contributed by atoms with Gasteiger partial charge in [-0.15, -0.1) is 0 Å². The summed E-state index contributed by atoms with van der Waals surface area (Å²) in [6.45, 7) is 2.10. The van der Waals surface area contributed by atoms with Gasteiger partial charge in [0.15, 0.2) is 6.29 Å². The SMILES string of the molecule is Cc1ccc(C2(N[C@@H]3CCc4ccccc43)C=Cc3c(C=O)cccc3N2)cc1. The van der Waals surface area contributed by atoms with E-state index in [-0.39, 0.29) is 6.04 Å². The van der Waals surface area contributed by atoms with Gasteiger partial charge in [0.05, 0.1) is 0 Å². The first-order valence-corrected chi connectivity index (χ1v) is 10.2. The van der Waals surface area contributed by atoms with Gasteiger partial charge < -0.3 is 5.32 Å². The molecule has 3 nitrogen and oxygen atoms in total. The molecule has 1 heterocycles. The lowest BCUT2D eigenvalue weighted by Crippen LogP contribution is -2.49. The van der Waals surface area contributed by atoms with Crippen molar-refractivity contribution in [3.63, 3.8) is 0 Å². The number of rotatable bonds is 4. The number of carbonyl (C=O) groups is 1. The number of hydrogen-bond acceptors (Lipinski definition) is 3. The van der Waals surface area contributed by atoms with Crippen LogP contribution < -0.4 is 10.6 Å². The molecule has 2 aliphatic rings. The molecule has 0 aromatic heterocycles. The Bertz CT molecular complexity index is 1100. The first kappa shape index (κ1) is 17.9. The summed E-state index contributed by atoms with van der Waals surface area (Å²) < 4.78 is 0. The van der Waals surface area contributed by atoms with Gasteiger partial charge in [-0.05, 0) is 48.6 Å². The molecule has 3 heteroatoms. The van der Waals surface area contributed by atoms with Crippen molar-refractivity contribution < 1.29 is 4.79 Å². The van der Waals surface area contributed by atoms with Crippen LogP contribution in [0.5, 0.6) is 0 Å². The minimum absolute atomic E-state index is 0.264. The van der Waals surface area contributed by atoms with E-state index in [2.05, 4.69) is 78.2 Å². The summed E-state index contributed by atoms with van der Waals surface area (Å²) in [5.74, 6) is 0. The summed E-state index contributed by atoms with van der Waals surface area (Å²) in [4.78, 5) is 11.5. The summed E-state index contributed by atoms with van der Waals surface area (Å²) in [5.41, 5.74) is 7.27. The number of fused-ring (bicyclic) bond motifs is 2. The van der Waals surface area contributed by atoms with Gasteiger partial charge >= 0.3 is 0 Å². The maximum absolute atomic E-state index is 11.5. The smallest absolute Gasteiger partial charge is 0.150 e. The summed E-state index contributed by atoms with van der Waals surface area (Å²) in [7, 11) is 0. The molecule has 0 fully saturated rings. The second kappa shape index (κ2) is 7.02. The van der Waals surface area contributed by atoms with E-state index in [4.69, 9.17) is 0 Å². The molecular weight excluding hydrogens is 356 g/mol. The second-order valence-corrected chi connectivity index (χ2v) is 7.99. The summed E-state index contributed by atoms with van der Waals surface area (Å²) in [6, 6.07) is 23.4. The van der Waals surface area contributed by atoms with Crippen molar-refractivity contribution in [1.29, 1.82) is 0 Å². The minimum atomic E-state index is -0.537. The Morgan fingerprint density at radius 2 is 1.86 bits per heavy atom. The Morgan fingerprint density at radius 1 is 1.03 bits per heavy atom. The van der Waals surface area contributed by atoms with Gasteiger partial charge in [0.1, 0.15) is 5.66 Å². The molecule has 0 radical (unpaired) electrons. The van der Waals surface area contributed by atoms with Crippen LogP contribution in [0.15, 0.2) is 72.8 Å². The van der Waals surface area contributed by atoms with Gasteiger partial charge in [-0.1, -0.05) is 72.3 Å². The van der Waals surface area contributed by atoms with Gasteiger partial charge in [0, 0.05) is 22.9 Å². The molecule has 1 aliphatic heterocycles. The van der Waals surface area contributed by atoms with Crippen LogP contribution in [0.1, 0.15) is 50.6 Å². The first-order chi connectivity index (χ1) is 14.2. The van der Waals surface area contributed by atoms with Crippen molar-refractivity contribution in [1.82, 2.24) is 5.32 Å². The third-order valence-corrected chi connectivity index (χ3v) is 6.14. The average Bonchev–Trinajstić information content (AvgIpc) is 3.16. The first-order valence-electron chi connectivity index (χ1n) is 10.2. The van der Waals surface area contributed by atoms with Crippen LogP contribution in [0.2, 0.25) is 0 Å². The van der Waals surface area contributed by atoms with E-state index in [1.54, 1.807) is 0 Å². The van der Waals surface area contributed by atoms with Crippen LogP contribution in [0.25, 0.3) is 6.08 Å². The molecule has 0 saturated carbocycles. The topological polar surface area (TPSA) is 41.1 Å². The highest BCUT2D eigenvalue weighted by Crippen LogP contribution is 2.39. The van der Waals surface area contributed by atoms with E-state index in [0.717, 1.165) is 35.9 Å². The molecule has 2 atom stereocenters. The van der Waals surface area contributed by atoms with Crippen molar-refractivity contribution in [3.05, 3.63) is 106 Å². The number of carbonyl (C=O) groups excluding carboxylic acids is 1. The van der Waals surface area contributed by atoms with Gasteiger partial charge in [-0.3, -0.25) is 10.1 Å². The zero-order chi connectivity index (χ0) is 19.8. The maximum atomic E-state index is 11.5. The van der Waals surface area contributed by atoms with Crippen molar-refractivity contribution in [2.75, 3.05) is 5.32 Å². The van der Waals surface area contributed by atoms with E-state index in [0.29, 0.717) is 5.56 Å². The molecule has 0 saturated heterocycles. The molecule has 2 N–H and O–H groups in total. The van der Waals surface area contributed by atoms with Crippen molar-refractivity contribution in [2.24, 2.45) is 0 Å². The van der Waals surface area contributed by atoms with Gasteiger partial charge in [0.25, 0.3) is 0 Å². The molecule has 0 amide bonds. The van der Waals surface area contributed by atoms with E-state index in [1.807, 2.05) is 18.2 Å². The third-order valence-electron chi connectivity index (χ3n) is 6.14. The fraction of sp³-hybridized carbons (Fsp3) is 0.192. The molecule has 1 unspecified atom stereocenters. The number of nitrogens with one attached hydrogen (secondary N) is 2. The molecular formula is C26H24N2O. The lowest BCUT2D eigenvalue weighted by molar-refractivity contribution is 0.112. The standard InChI is InChI=1S/C26H24N2O/c1-18-9-12-21(13-10-18)26(28-25-14-11-19-5-2-3-7-22(19)25)16-15-23-20(17-29)6-4-8-24(23)27-26/h2-10,12-13,15-17,25,27-28H,11,14H2,1H3/t25-,26?/m1/s1. The summed E-state index contributed by atoms with van der Waals surface area (Å²) >= 11 is 0.